The van der Waals surface area contributed by atoms with Gasteiger partial charge in [-0.15, -0.1) is 0 Å². The molecule has 0 atom stereocenters. The van der Waals surface area contributed by atoms with Gasteiger partial charge in [-0.2, -0.15) is 0 Å². The van der Waals surface area contributed by atoms with Crippen molar-refractivity contribution >= 4 is 11.6 Å². The van der Waals surface area contributed by atoms with Gasteiger partial charge in [0.25, 0.3) is 5.91 Å². The van der Waals surface area contributed by atoms with E-state index in [1.807, 2.05) is 43.3 Å². The van der Waals surface area contributed by atoms with Crippen LogP contribution < -0.4 is 5.32 Å². The maximum atomic E-state index is 13.0. The quantitative estimate of drug-likeness (QED) is 0.627. The molecule has 0 fully saturated rings. The van der Waals surface area contributed by atoms with Gasteiger partial charge in [-0.05, 0) is 48.7 Å². The third kappa shape index (κ3) is 5.39. The molecule has 3 aromatic rings. The van der Waals surface area contributed by atoms with E-state index in [4.69, 9.17) is 0 Å². The molecule has 0 bridgehead atoms. The number of benzene rings is 2. The van der Waals surface area contributed by atoms with Gasteiger partial charge in [0.1, 0.15) is 11.5 Å². The largest absolute Gasteiger partial charge is 0.385 e. The van der Waals surface area contributed by atoms with E-state index >= 15 is 0 Å². The SMILES string of the molecule is CCN(Cc1ccccc1)C(=O)c1cc(NCCc2ccc(F)cc2)ccn1. The molecular formula is C23H24FN3O. The van der Waals surface area contributed by atoms with Crippen molar-refractivity contribution in [2.75, 3.05) is 18.4 Å². The van der Waals surface area contributed by atoms with Crippen molar-refractivity contribution in [3.8, 4) is 0 Å². The van der Waals surface area contributed by atoms with Crippen LogP contribution in [0.2, 0.25) is 0 Å². The van der Waals surface area contributed by atoms with E-state index in [2.05, 4.69) is 10.3 Å². The smallest absolute Gasteiger partial charge is 0.272 e. The van der Waals surface area contributed by atoms with E-state index in [0.29, 0.717) is 25.3 Å². The Morgan fingerprint density at radius 2 is 1.79 bits per heavy atom. The first-order valence-corrected chi connectivity index (χ1v) is 9.43. The summed E-state index contributed by atoms with van der Waals surface area (Å²) in [6.07, 6.45) is 2.41. The lowest BCUT2D eigenvalue weighted by Crippen LogP contribution is -2.31. The minimum absolute atomic E-state index is 0.0893. The summed E-state index contributed by atoms with van der Waals surface area (Å²) >= 11 is 0. The fraction of sp³-hybridized carbons (Fsp3) is 0.217. The normalized spacial score (nSPS) is 10.5. The van der Waals surface area contributed by atoms with Gasteiger partial charge < -0.3 is 10.2 Å². The van der Waals surface area contributed by atoms with Gasteiger partial charge >= 0.3 is 0 Å². The number of nitrogens with zero attached hydrogens (tertiary/aromatic N) is 2. The number of carbonyl (C=O) groups excluding carboxylic acids is 1. The minimum atomic E-state index is -0.232. The molecule has 4 nitrogen and oxygen atoms in total. The summed E-state index contributed by atoms with van der Waals surface area (Å²) in [6.45, 7) is 3.81. The van der Waals surface area contributed by atoms with Crippen LogP contribution in [0.3, 0.4) is 0 Å². The van der Waals surface area contributed by atoms with Crippen molar-refractivity contribution < 1.29 is 9.18 Å². The van der Waals surface area contributed by atoms with Crippen LogP contribution in [0.1, 0.15) is 28.5 Å². The lowest BCUT2D eigenvalue weighted by atomic mass is 10.1. The number of hydrogen-bond acceptors (Lipinski definition) is 3. The highest BCUT2D eigenvalue weighted by molar-refractivity contribution is 5.93. The molecule has 5 heteroatoms. The topological polar surface area (TPSA) is 45.2 Å². The number of amides is 1. The highest BCUT2D eigenvalue weighted by Gasteiger charge is 2.16. The van der Waals surface area contributed by atoms with Crippen molar-refractivity contribution in [1.29, 1.82) is 0 Å². The van der Waals surface area contributed by atoms with Gasteiger partial charge in [-0.1, -0.05) is 42.5 Å². The summed E-state index contributed by atoms with van der Waals surface area (Å²) in [6, 6.07) is 20.0. The Balaban J connectivity index is 1.60. The number of aromatic nitrogens is 1. The molecule has 0 aliphatic carbocycles. The molecule has 0 aliphatic rings. The van der Waals surface area contributed by atoms with Crippen LogP contribution in [0.25, 0.3) is 0 Å². The van der Waals surface area contributed by atoms with E-state index in [9.17, 15) is 9.18 Å². The summed E-state index contributed by atoms with van der Waals surface area (Å²) in [5, 5.41) is 3.31. The lowest BCUT2D eigenvalue weighted by Gasteiger charge is -2.21. The van der Waals surface area contributed by atoms with Crippen LogP contribution in [0, 0.1) is 5.82 Å². The van der Waals surface area contributed by atoms with E-state index in [-0.39, 0.29) is 11.7 Å². The zero-order chi connectivity index (χ0) is 19.8. The number of rotatable bonds is 8. The van der Waals surface area contributed by atoms with Gasteiger partial charge in [0.15, 0.2) is 0 Å². The summed E-state index contributed by atoms with van der Waals surface area (Å²) in [5.74, 6) is -0.321. The second-order valence-electron chi connectivity index (χ2n) is 6.54. The monoisotopic (exact) mass is 377 g/mol. The van der Waals surface area contributed by atoms with Crippen LogP contribution in [-0.2, 0) is 13.0 Å². The number of hydrogen-bond donors (Lipinski definition) is 1. The van der Waals surface area contributed by atoms with E-state index in [0.717, 1.165) is 23.2 Å². The minimum Gasteiger partial charge on any atom is -0.385 e. The third-order valence-electron chi connectivity index (χ3n) is 4.52. The predicted octanol–water partition coefficient (Wildman–Crippen LogP) is 4.54. The molecule has 0 saturated carbocycles. The second-order valence-corrected chi connectivity index (χ2v) is 6.54. The Kier molecular flexibility index (Phi) is 6.73. The van der Waals surface area contributed by atoms with Gasteiger partial charge in [0, 0.05) is 31.5 Å². The molecule has 3 rings (SSSR count). The number of nitrogens with one attached hydrogen (secondary N) is 1. The fourth-order valence-electron chi connectivity index (χ4n) is 2.95. The molecule has 2 aromatic carbocycles. The van der Waals surface area contributed by atoms with Crippen molar-refractivity contribution in [3.63, 3.8) is 0 Å². The Hall–Kier alpha value is -3.21. The van der Waals surface area contributed by atoms with Gasteiger partial charge in [-0.3, -0.25) is 9.78 Å². The Bertz CT molecular complexity index is 897. The first kappa shape index (κ1) is 19.5. The molecule has 1 amide bonds. The average Bonchev–Trinajstić information content (AvgIpc) is 2.74. The van der Waals surface area contributed by atoms with Crippen molar-refractivity contribution in [3.05, 3.63) is 95.6 Å². The predicted molar refractivity (Wildman–Crippen MR) is 110 cm³/mol. The zero-order valence-electron chi connectivity index (χ0n) is 15.9. The maximum absolute atomic E-state index is 13.0. The fourth-order valence-corrected chi connectivity index (χ4v) is 2.95. The van der Waals surface area contributed by atoms with E-state index < -0.39 is 0 Å². The number of pyridine rings is 1. The molecule has 0 spiro atoms. The van der Waals surface area contributed by atoms with Crippen LogP contribution in [0.4, 0.5) is 10.1 Å². The second kappa shape index (κ2) is 9.65. The molecule has 1 N–H and O–H groups in total. The maximum Gasteiger partial charge on any atom is 0.272 e. The van der Waals surface area contributed by atoms with Crippen LogP contribution in [-0.4, -0.2) is 28.9 Å². The van der Waals surface area contributed by atoms with Crippen molar-refractivity contribution in [2.45, 2.75) is 19.9 Å². The summed E-state index contributed by atoms with van der Waals surface area (Å²) < 4.78 is 13.0. The first-order chi connectivity index (χ1) is 13.7. The van der Waals surface area contributed by atoms with Crippen molar-refractivity contribution in [1.82, 2.24) is 9.88 Å². The Labute approximate surface area is 165 Å². The van der Waals surface area contributed by atoms with Gasteiger partial charge in [0.2, 0.25) is 0 Å². The molecular weight excluding hydrogens is 353 g/mol. The Morgan fingerprint density at radius 1 is 1.04 bits per heavy atom. The molecule has 1 aromatic heterocycles. The zero-order valence-corrected chi connectivity index (χ0v) is 15.9. The molecule has 0 unspecified atom stereocenters. The summed E-state index contributed by atoms with van der Waals surface area (Å²) in [5.41, 5.74) is 3.41. The van der Waals surface area contributed by atoms with Crippen LogP contribution >= 0.6 is 0 Å². The molecule has 144 valence electrons. The highest BCUT2D eigenvalue weighted by atomic mass is 19.1. The average molecular weight is 377 g/mol. The summed E-state index contributed by atoms with van der Waals surface area (Å²) in [7, 11) is 0. The summed E-state index contributed by atoms with van der Waals surface area (Å²) in [4.78, 5) is 18.9. The van der Waals surface area contributed by atoms with Gasteiger partial charge in [-0.25, -0.2) is 4.39 Å². The highest BCUT2D eigenvalue weighted by Crippen LogP contribution is 2.13. The molecule has 0 aliphatic heterocycles. The number of anilines is 1. The van der Waals surface area contributed by atoms with Crippen molar-refractivity contribution in [2.24, 2.45) is 0 Å². The lowest BCUT2D eigenvalue weighted by molar-refractivity contribution is 0.0746. The molecule has 28 heavy (non-hydrogen) atoms. The third-order valence-corrected chi connectivity index (χ3v) is 4.52. The number of carbonyl (C=O) groups is 1. The van der Waals surface area contributed by atoms with Crippen LogP contribution in [0.5, 0.6) is 0 Å². The van der Waals surface area contributed by atoms with E-state index in [1.165, 1.54) is 12.1 Å². The standard InChI is InChI=1S/C23H24FN3O/c1-2-27(17-19-6-4-3-5-7-19)23(28)22-16-21(13-15-26-22)25-14-12-18-8-10-20(24)11-9-18/h3-11,13,15-16H,2,12,14,17H2,1H3,(H,25,26). The number of halogens is 1. The van der Waals surface area contributed by atoms with Gasteiger partial charge in [0.05, 0.1) is 0 Å². The molecule has 0 radical (unpaired) electrons. The Morgan fingerprint density at radius 3 is 2.50 bits per heavy atom. The van der Waals surface area contributed by atoms with E-state index in [1.54, 1.807) is 29.3 Å². The molecule has 0 saturated heterocycles. The molecule has 1 heterocycles. The van der Waals surface area contributed by atoms with Crippen LogP contribution in [0.15, 0.2) is 72.9 Å². The first-order valence-electron chi connectivity index (χ1n) is 9.43.